The Morgan fingerprint density at radius 3 is 2.47 bits per heavy atom. The molecule has 0 radical (unpaired) electrons. The first-order chi connectivity index (χ1) is 7.65. The van der Waals surface area contributed by atoms with E-state index in [-0.39, 0.29) is 5.69 Å². The van der Waals surface area contributed by atoms with Gasteiger partial charge in [-0.15, -0.1) is 0 Å². The summed E-state index contributed by atoms with van der Waals surface area (Å²) in [4.78, 5) is 10.9. The predicted octanol–water partition coefficient (Wildman–Crippen LogP) is 2.25. The summed E-state index contributed by atoms with van der Waals surface area (Å²) in [6.07, 6.45) is -4.51. The van der Waals surface area contributed by atoms with Crippen LogP contribution in [0, 0.1) is 11.3 Å². The molecular formula is C10H11F3N2O2. The molecule has 0 spiro atoms. The minimum absolute atomic E-state index is 0.231. The van der Waals surface area contributed by atoms with Gasteiger partial charge < -0.3 is 5.11 Å². The van der Waals surface area contributed by atoms with Gasteiger partial charge in [0.2, 0.25) is 0 Å². The summed E-state index contributed by atoms with van der Waals surface area (Å²) in [6.45, 7) is 3.43. The van der Waals surface area contributed by atoms with Crippen LogP contribution >= 0.6 is 0 Å². The molecule has 1 saturated carbocycles. The average molecular weight is 248 g/mol. The molecule has 4 nitrogen and oxygen atoms in total. The lowest BCUT2D eigenvalue weighted by molar-refractivity contribution is -0.141. The molecule has 17 heavy (non-hydrogen) atoms. The zero-order valence-electron chi connectivity index (χ0n) is 9.17. The Morgan fingerprint density at radius 1 is 1.53 bits per heavy atom. The quantitative estimate of drug-likeness (QED) is 0.843. The maximum atomic E-state index is 12.3. The average Bonchev–Trinajstić information content (AvgIpc) is 2.59. The van der Waals surface area contributed by atoms with Crippen molar-refractivity contribution in [3.8, 4) is 0 Å². The van der Waals surface area contributed by atoms with Crippen molar-refractivity contribution in [2.45, 2.75) is 25.9 Å². The molecule has 1 aliphatic rings. The van der Waals surface area contributed by atoms with E-state index >= 15 is 0 Å². The molecule has 0 saturated heterocycles. The largest absolute Gasteiger partial charge is 0.481 e. The molecule has 7 heteroatoms. The van der Waals surface area contributed by atoms with Crippen LogP contribution in [0.4, 0.5) is 13.2 Å². The molecule has 0 bridgehead atoms. The van der Waals surface area contributed by atoms with E-state index in [1.54, 1.807) is 13.8 Å². The van der Waals surface area contributed by atoms with Crippen LogP contribution in [-0.2, 0) is 11.0 Å². The monoisotopic (exact) mass is 248 g/mol. The Morgan fingerprint density at radius 2 is 2.12 bits per heavy atom. The summed E-state index contributed by atoms with van der Waals surface area (Å²) in [6, 6.07) is 0.884. The second-order valence-corrected chi connectivity index (χ2v) is 4.82. The van der Waals surface area contributed by atoms with Crippen LogP contribution in [0.2, 0.25) is 0 Å². The van der Waals surface area contributed by atoms with E-state index in [1.165, 1.54) is 0 Å². The van der Waals surface area contributed by atoms with Gasteiger partial charge in [-0.1, -0.05) is 13.8 Å². The van der Waals surface area contributed by atoms with E-state index in [0.717, 1.165) is 6.07 Å². The Bertz CT molecular complexity index is 464. The number of alkyl halides is 3. The maximum absolute atomic E-state index is 12.3. The van der Waals surface area contributed by atoms with Crippen LogP contribution in [0.1, 0.15) is 31.2 Å². The number of rotatable bonds is 2. The van der Waals surface area contributed by atoms with Gasteiger partial charge in [-0.3, -0.25) is 9.89 Å². The fraction of sp³-hybridized carbons (Fsp3) is 0.600. The second kappa shape index (κ2) is 3.24. The summed E-state index contributed by atoms with van der Waals surface area (Å²) >= 11 is 0. The Balaban J connectivity index is 2.26. The zero-order valence-corrected chi connectivity index (χ0v) is 9.17. The van der Waals surface area contributed by atoms with E-state index in [9.17, 15) is 18.0 Å². The summed E-state index contributed by atoms with van der Waals surface area (Å²) in [5, 5.41) is 14.4. The SMILES string of the molecule is CC1(C)[C@H](C(=O)O)[C@H]1c1cc(C(F)(F)F)n[nH]1. The summed E-state index contributed by atoms with van der Waals surface area (Å²) in [7, 11) is 0. The van der Waals surface area contributed by atoms with Gasteiger partial charge in [0.1, 0.15) is 0 Å². The summed E-state index contributed by atoms with van der Waals surface area (Å²) in [5.41, 5.74) is -1.32. The molecule has 2 rings (SSSR count). The first-order valence-electron chi connectivity index (χ1n) is 5.01. The van der Waals surface area contributed by atoms with E-state index in [2.05, 4.69) is 10.2 Å². The van der Waals surface area contributed by atoms with Gasteiger partial charge in [-0.25, -0.2) is 0 Å². The Kier molecular flexibility index (Phi) is 2.28. The zero-order chi connectivity index (χ0) is 13.0. The smallest absolute Gasteiger partial charge is 0.435 e. The number of aromatic amines is 1. The molecule has 1 aromatic rings. The molecule has 2 atom stereocenters. The Labute approximate surface area is 94.8 Å². The highest BCUT2D eigenvalue weighted by atomic mass is 19.4. The highest BCUT2D eigenvalue weighted by molar-refractivity contribution is 5.77. The number of hydrogen-bond acceptors (Lipinski definition) is 2. The Hall–Kier alpha value is -1.53. The van der Waals surface area contributed by atoms with E-state index in [0.29, 0.717) is 0 Å². The van der Waals surface area contributed by atoms with Crippen molar-refractivity contribution in [3.05, 3.63) is 17.5 Å². The molecular weight excluding hydrogens is 237 g/mol. The van der Waals surface area contributed by atoms with Gasteiger partial charge in [0.25, 0.3) is 0 Å². The van der Waals surface area contributed by atoms with Crippen LogP contribution in [-0.4, -0.2) is 21.3 Å². The first-order valence-corrected chi connectivity index (χ1v) is 5.01. The highest BCUT2D eigenvalue weighted by Crippen LogP contribution is 2.64. The standard InChI is InChI=1S/C10H11F3N2O2/c1-9(2)6(7(9)8(16)17)4-3-5(15-14-4)10(11,12)13/h3,6-7H,1-2H3,(H,14,15)(H,16,17)/t6-,7+/m1/s1. The normalized spacial score (nSPS) is 26.9. The fourth-order valence-corrected chi connectivity index (χ4v) is 2.32. The minimum atomic E-state index is -4.51. The van der Waals surface area contributed by atoms with Crippen LogP contribution in [0.5, 0.6) is 0 Å². The van der Waals surface area contributed by atoms with E-state index in [1.807, 2.05) is 0 Å². The van der Waals surface area contributed by atoms with Crippen molar-refractivity contribution in [1.29, 1.82) is 0 Å². The molecule has 0 aromatic carbocycles. The number of hydrogen-bond donors (Lipinski definition) is 2. The summed E-state index contributed by atoms with van der Waals surface area (Å²) < 4.78 is 37.0. The number of H-pyrrole nitrogens is 1. The fourth-order valence-electron chi connectivity index (χ4n) is 2.32. The third-order valence-electron chi connectivity index (χ3n) is 3.32. The molecule has 1 aromatic heterocycles. The molecule has 2 N–H and O–H groups in total. The van der Waals surface area contributed by atoms with Gasteiger partial charge >= 0.3 is 12.1 Å². The van der Waals surface area contributed by atoms with Crippen LogP contribution in [0.3, 0.4) is 0 Å². The van der Waals surface area contributed by atoms with Gasteiger partial charge in [-0.2, -0.15) is 18.3 Å². The van der Waals surface area contributed by atoms with Crippen molar-refractivity contribution < 1.29 is 23.1 Å². The van der Waals surface area contributed by atoms with Crippen LogP contribution in [0.15, 0.2) is 6.07 Å². The number of carboxylic acid groups (broad SMARTS) is 1. The van der Waals surface area contributed by atoms with Gasteiger partial charge in [0.05, 0.1) is 5.92 Å². The predicted molar refractivity (Wildman–Crippen MR) is 51.2 cm³/mol. The third-order valence-corrected chi connectivity index (χ3v) is 3.32. The third kappa shape index (κ3) is 1.79. The summed E-state index contributed by atoms with van der Waals surface area (Å²) in [5.74, 6) is -2.10. The van der Waals surface area contributed by atoms with E-state index in [4.69, 9.17) is 5.11 Å². The van der Waals surface area contributed by atoms with Gasteiger partial charge in [0, 0.05) is 11.6 Å². The van der Waals surface area contributed by atoms with Crippen LogP contribution in [0.25, 0.3) is 0 Å². The number of carboxylic acids is 1. The number of halogens is 3. The lowest BCUT2D eigenvalue weighted by atomic mass is 10.1. The van der Waals surface area contributed by atoms with Gasteiger partial charge in [0.15, 0.2) is 5.69 Å². The first kappa shape index (κ1) is 11.9. The second-order valence-electron chi connectivity index (χ2n) is 4.82. The molecule has 1 aliphatic carbocycles. The molecule has 1 fully saturated rings. The minimum Gasteiger partial charge on any atom is -0.481 e. The highest BCUT2D eigenvalue weighted by Gasteiger charge is 2.63. The molecule has 0 amide bonds. The van der Waals surface area contributed by atoms with Crippen molar-refractivity contribution in [2.75, 3.05) is 0 Å². The van der Waals surface area contributed by atoms with Crippen molar-refractivity contribution >= 4 is 5.97 Å². The van der Waals surface area contributed by atoms with Crippen LogP contribution < -0.4 is 0 Å². The topological polar surface area (TPSA) is 66.0 Å². The lowest BCUT2D eigenvalue weighted by Gasteiger charge is -1.99. The number of nitrogens with zero attached hydrogens (tertiary/aromatic N) is 1. The molecule has 1 heterocycles. The number of carbonyl (C=O) groups is 1. The molecule has 0 unspecified atom stereocenters. The molecule has 0 aliphatic heterocycles. The maximum Gasteiger partial charge on any atom is 0.435 e. The van der Waals surface area contributed by atoms with Gasteiger partial charge in [-0.05, 0) is 11.5 Å². The number of aromatic nitrogens is 2. The number of nitrogens with one attached hydrogen (secondary N) is 1. The lowest BCUT2D eigenvalue weighted by Crippen LogP contribution is -2.04. The van der Waals surface area contributed by atoms with Crippen molar-refractivity contribution in [3.63, 3.8) is 0 Å². The number of aliphatic carboxylic acids is 1. The van der Waals surface area contributed by atoms with E-state index < -0.39 is 35.1 Å². The van der Waals surface area contributed by atoms with Crippen molar-refractivity contribution in [1.82, 2.24) is 10.2 Å². The molecule has 94 valence electrons. The van der Waals surface area contributed by atoms with Crippen molar-refractivity contribution in [2.24, 2.45) is 11.3 Å².